The van der Waals surface area contributed by atoms with Gasteiger partial charge in [-0.2, -0.15) is 4.98 Å². The number of aryl methyl sites for hydroxylation is 1. The Balaban J connectivity index is 1.48. The Kier molecular flexibility index (Phi) is 5.55. The van der Waals surface area contributed by atoms with Crippen LogP contribution in [0.5, 0.6) is 11.6 Å². The third-order valence-corrected chi connectivity index (χ3v) is 6.37. The smallest absolute Gasteiger partial charge is 0.257 e. The Hall–Kier alpha value is -3.35. The first-order valence-electron chi connectivity index (χ1n) is 11.3. The molecule has 0 saturated carbocycles. The lowest BCUT2D eigenvalue weighted by molar-refractivity contribution is 0.0731. The van der Waals surface area contributed by atoms with Crippen molar-refractivity contribution < 1.29 is 13.9 Å². The Morgan fingerprint density at radius 1 is 1.09 bits per heavy atom. The van der Waals surface area contributed by atoms with Crippen molar-refractivity contribution in [1.29, 1.82) is 0 Å². The van der Waals surface area contributed by atoms with Gasteiger partial charge < -0.3 is 19.0 Å². The number of rotatable bonds is 4. The molecule has 2 aliphatic rings. The number of carbonyl (C=O) groups is 1. The molecule has 0 atom stereocenters. The van der Waals surface area contributed by atoms with Gasteiger partial charge in [0.2, 0.25) is 11.8 Å². The molecule has 1 aromatic carbocycles. The zero-order chi connectivity index (χ0) is 22.1. The van der Waals surface area contributed by atoms with E-state index in [2.05, 4.69) is 11.8 Å². The SMILES string of the molecule is Cc1ccc(Oc2nc(N3CCC(C)CC3)nc3c2CN(C(=O)c2ccoc2)CC3)cc1. The first kappa shape index (κ1) is 20.5. The number of piperidine rings is 1. The van der Waals surface area contributed by atoms with Crippen molar-refractivity contribution in [2.75, 3.05) is 24.5 Å². The molecule has 7 heteroatoms. The monoisotopic (exact) mass is 432 g/mol. The Morgan fingerprint density at radius 3 is 2.59 bits per heavy atom. The topological polar surface area (TPSA) is 71.7 Å². The van der Waals surface area contributed by atoms with Crippen molar-refractivity contribution in [2.45, 2.75) is 39.7 Å². The number of amides is 1. The molecule has 7 nitrogen and oxygen atoms in total. The van der Waals surface area contributed by atoms with Crippen molar-refractivity contribution in [3.8, 4) is 11.6 Å². The molecule has 0 aliphatic carbocycles. The van der Waals surface area contributed by atoms with Crippen molar-refractivity contribution in [3.05, 3.63) is 65.2 Å². The van der Waals surface area contributed by atoms with Gasteiger partial charge in [0, 0.05) is 26.1 Å². The van der Waals surface area contributed by atoms with Gasteiger partial charge in [0.25, 0.3) is 5.91 Å². The number of aromatic nitrogens is 2. The second kappa shape index (κ2) is 8.65. The molecule has 166 valence electrons. The molecule has 2 aromatic heterocycles. The summed E-state index contributed by atoms with van der Waals surface area (Å²) in [5, 5.41) is 0. The average molecular weight is 433 g/mol. The molecule has 1 fully saturated rings. The van der Waals surface area contributed by atoms with Crippen molar-refractivity contribution in [1.82, 2.24) is 14.9 Å². The van der Waals surface area contributed by atoms with E-state index >= 15 is 0 Å². The van der Waals surface area contributed by atoms with E-state index in [1.165, 1.54) is 18.1 Å². The van der Waals surface area contributed by atoms with Crippen LogP contribution in [0.4, 0.5) is 5.95 Å². The molecule has 3 aromatic rings. The van der Waals surface area contributed by atoms with E-state index in [1.807, 2.05) is 31.2 Å². The number of hydrogen-bond acceptors (Lipinski definition) is 6. The zero-order valence-electron chi connectivity index (χ0n) is 18.6. The van der Waals surface area contributed by atoms with Crippen LogP contribution in [0.15, 0.2) is 47.3 Å². The molecule has 0 spiro atoms. The van der Waals surface area contributed by atoms with E-state index < -0.39 is 0 Å². The number of fused-ring (bicyclic) bond motifs is 1. The summed E-state index contributed by atoms with van der Waals surface area (Å²) in [5.41, 5.74) is 3.56. The Bertz CT molecular complexity index is 1090. The molecular weight excluding hydrogens is 404 g/mol. The molecule has 4 heterocycles. The fourth-order valence-corrected chi connectivity index (χ4v) is 4.27. The highest BCUT2D eigenvalue weighted by Gasteiger charge is 2.29. The van der Waals surface area contributed by atoms with Gasteiger partial charge in [-0.25, -0.2) is 4.98 Å². The highest BCUT2D eigenvalue weighted by atomic mass is 16.5. The summed E-state index contributed by atoms with van der Waals surface area (Å²) in [6.07, 6.45) is 5.95. The van der Waals surface area contributed by atoms with Crippen LogP contribution in [0.25, 0.3) is 0 Å². The van der Waals surface area contributed by atoms with Crippen LogP contribution in [0, 0.1) is 12.8 Å². The second-order valence-corrected chi connectivity index (χ2v) is 8.83. The lowest BCUT2D eigenvalue weighted by atomic mass is 9.99. The molecule has 0 bridgehead atoms. The molecule has 0 N–H and O–H groups in total. The number of nitrogens with zero attached hydrogens (tertiary/aromatic N) is 4. The molecule has 1 amide bonds. The molecule has 2 aliphatic heterocycles. The summed E-state index contributed by atoms with van der Waals surface area (Å²) in [5.74, 6) is 2.67. The van der Waals surface area contributed by atoms with Crippen LogP contribution >= 0.6 is 0 Å². The maximum atomic E-state index is 12.9. The van der Waals surface area contributed by atoms with Crippen LogP contribution in [0.1, 0.15) is 46.9 Å². The minimum Gasteiger partial charge on any atom is -0.472 e. The quantitative estimate of drug-likeness (QED) is 0.600. The summed E-state index contributed by atoms with van der Waals surface area (Å²) in [6, 6.07) is 9.63. The lowest BCUT2D eigenvalue weighted by Gasteiger charge is -2.33. The van der Waals surface area contributed by atoms with Gasteiger partial charge in [-0.15, -0.1) is 0 Å². The van der Waals surface area contributed by atoms with E-state index in [1.54, 1.807) is 11.0 Å². The highest BCUT2D eigenvalue weighted by molar-refractivity contribution is 5.94. The van der Waals surface area contributed by atoms with Gasteiger partial charge in [-0.3, -0.25) is 4.79 Å². The predicted octanol–water partition coefficient (Wildman–Crippen LogP) is 4.61. The van der Waals surface area contributed by atoms with Crippen molar-refractivity contribution >= 4 is 11.9 Å². The van der Waals surface area contributed by atoms with Crippen LogP contribution in [0.3, 0.4) is 0 Å². The van der Waals surface area contributed by atoms with Crippen LogP contribution in [-0.4, -0.2) is 40.4 Å². The number of ether oxygens (including phenoxy) is 1. The van der Waals surface area contributed by atoms with Crippen LogP contribution in [-0.2, 0) is 13.0 Å². The first-order chi connectivity index (χ1) is 15.6. The molecule has 1 saturated heterocycles. The lowest BCUT2D eigenvalue weighted by Crippen LogP contribution is -2.38. The summed E-state index contributed by atoms with van der Waals surface area (Å²) < 4.78 is 11.4. The minimum absolute atomic E-state index is 0.0558. The van der Waals surface area contributed by atoms with E-state index in [-0.39, 0.29) is 5.91 Å². The number of furan rings is 1. The molecular formula is C25H28N4O3. The van der Waals surface area contributed by atoms with Crippen LogP contribution in [0.2, 0.25) is 0 Å². The van der Waals surface area contributed by atoms with E-state index in [0.29, 0.717) is 31.0 Å². The fraction of sp³-hybridized carbons (Fsp3) is 0.400. The molecule has 0 unspecified atom stereocenters. The van der Waals surface area contributed by atoms with E-state index in [4.69, 9.17) is 19.1 Å². The third kappa shape index (κ3) is 4.20. The number of hydrogen-bond donors (Lipinski definition) is 0. The first-order valence-corrected chi connectivity index (χ1v) is 11.3. The van der Waals surface area contributed by atoms with Gasteiger partial charge in [-0.05, 0) is 43.9 Å². The third-order valence-electron chi connectivity index (χ3n) is 6.37. The maximum Gasteiger partial charge on any atom is 0.257 e. The second-order valence-electron chi connectivity index (χ2n) is 8.83. The average Bonchev–Trinajstić information content (AvgIpc) is 3.35. The number of benzene rings is 1. The number of anilines is 1. The molecule has 5 rings (SSSR count). The Morgan fingerprint density at radius 2 is 1.88 bits per heavy atom. The molecule has 0 radical (unpaired) electrons. The Labute approximate surface area is 188 Å². The minimum atomic E-state index is -0.0558. The van der Waals surface area contributed by atoms with Crippen molar-refractivity contribution in [2.24, 2.45) is 5.92 Å². The predicted molar refractivity (Wildman–Crippen MR) is 121 cm³/mol. The number of carbonyl (C=O) groups excluding carboxylic acids is 1. The highest BCUT2D eigenvalue weighted by Crippen LogP contribution is 2.33. The molecule has 32 heavy (non-hydrogen) atoms. The van der Waals surface area contributed by atoms with Crippen molar-refractivity contribution in [3.63, 3.8) is 0 Å². The summed E-state index contributed by atoms with van der Waals surface area (Å²) in [6.45, 7) is 7.27. The van der Waals surface area contributed by atoms with Gasteiger partial charge in [0.1, 0.15) is 12.0 Å². The maximum absolute atomic E-state index is 12.9. The fourth-order valence-electron chi connectivity index (χ4n) is 4.27. The van der Waals surface area contributed by atoms with Gasteiger partial charge in [0.15, 0.2) is 0 Å². The summed E-state index contributed by atoms with van der Waals surface area (Å²) >= 11 is 0. The van der Waals surface area contributed by atoms with Gasteiger partial charge >= 0.3 is 0 Å². The normalized spacial score (nSPS) is 16.7. The summed E-state index contributed by atoms with van der Waals surface area (Å²) in [4.78, 5) is 26.7. The largest absolute Gasteiger partial charge is 0.472 e. The summed E-state index contributed by atoms with van der Waals surface area (Å²) in [7, 11) is 0. The van der Waals surface area contributed by atoms with Crippen LogP contribution < -0.4 is 9.64 Å². The van der Waals surface area contributed by atoms with E-state index in [9.17, 15) is 4.79 Å². The standard InChI is InChI=1S/C25H28N4O3/c1-17-3-5-20(6-4-17)32-23-21-15-29(24(30)19-10-14-31-16-19)13-9-22(21)26-25(27-23)28-11-7-18(2)8-12-28/h3-6,10,14,16,18H,7-9,11-13,15H2,1-2H3. The zero-order valence-corrected chi connectivity index (χ0v) is 18.6. The van der Waals surface area contributed by atoms with Gasteiger partial charge in [-0.1, -0.05) is 24.6 Å². The van der Waals surface area contributed by atoms with Gasteiger partial charge in [0.05, 0.1) is 29.6 Å². The van der Waals surface area contributed by atoms with E-state index in [0.717, 1.165) is 54.8 Å².